The molecule has 0 aliphatic rings. The molecule has 0 spiro atoms. The zero-order chi connectivity index (χ0) is 18.4. The van der Waals surface area contributed by atoms with Crippen LogP contribution in [0.3, 0.4) is 0 Å². The van der Waals surface area contributed by atoms with Gasteiger partial charge in [0, 0.05) is 45.1 Å². The van der Waals surface area contributed by atoms with Crippen LogP contribution in [0, 0.1) is 13.8 Å². The smallest absolute Gasteiger partial charge is 0.224 e. The van der Waals surface area contributed by atoms with E-state index in [1.165, 1.54) is 0 Å². The molecule has 1 aromatic carbocycles. The minimum Gasteiger partial charge on any atom is -0.491 e. The maximum atomic E-state index is 10.2. The number of nitrogens with zero attached hydrogens (tertiary/aromatic N) is 4. The molecule has 1 aromatic heterocycles. The number of aryl methyl sites for hydroxylation is 2. The van der Waals surface area contributed by atoms with E-state index >= 15 is 0 Å². The standard InChI is InChI=1S/C19H28N4O2/c1-14-6-7-15(2)18(8-14)25-13-17(24)12-23(5)11-16-9-20-19(21-10-16)22(3)4/h6-10,17,24H,11-13H2,1-5H3. The molecule has 0 aliphatic heterocycles. The van der Waals surface area contributed by atoms with Gasteiger partial charge in [-0.05, 0) is 38.1 Å². The number of ether oxygens (including phenoxy) is 1. The van der Waals surface area contributed by atoms with Gasteiger partial charge in [-0.3, -0.25) is 4.90 Å². The first kappa shape index (κ1) is 19.1. The quantitative estimate of drug-likeness (QED) is 0.791. The van der Waals surface area contributed by atoms with E-state index in [0.29, 0.717) is 19.0 Å². The Balaban J connectivity index is 1.81. The number of benzene rings is 1. The summed E-state index contributed by atoms with van der Waals surface area (Å²) in [6, 6.07) is 6.08. The van der Waals surface area contributed by atoms with Crippen molar-refractivity contribution in [3.05, 3.63) is 47.3 Å². The lowest BCUT2D eigenvalue weighted by molar-refractivity contribution is 0.0740. The van der Waals surface area contributed by atoms with Crippen molar-refractivity contribution in [2.75, 3.05) is 39.2 Å². The van der Waals surface area contributed by atoms with Crippen LogP contribution in [0.25, 0.3) is 0 Å². The molecule has 1 heterocycles. The highest BCUT2D eigenvalue weighted by atomic mass is 16.5. The number of hydrogen-bond donors (Lipinski definition) is 1. The largest absolute Gasteiger partial charge is 0.491 e. The number of aliphatic hydroxyl groups is 1. The summed E-state index contributed by atoms with van der Waals surface area (Å²) in [6.07, 6.45) is 3.07. The number of rotatable bonds is 8. The Morgan fingerprint density at radius 2 is 1.80 bits per heavy atom. The van der Waals surface area contributed by atoms with Gasteiger partial charge in [-0.2, -0.15) is 0 Å². The maximum Gasteiger partial charge on any atom is 0.224 e. The van der Waals surface area contributed by atoms with E-state index in [4.69, 9.17) is 4.74 Å². The molecule has 0 aliphatic carbocycles. The van der Waals surface area contributed by atoms with Crippen molar-refractivity contribution in [1.82, 2.24) is 14.9 Å². The van der Waals surface area contributed by atoms with Crippen LogP contribution >= 0.6 is 0 Å². The van der Waals surface area contributed by atoms with E-state index in [-0.39, 0.29) is 6.61 Å². The molecule has 1 N–H and O–H groups in total. The van der Waals surface area contributed by atoms with E-state index in [1.54, 1.807) is 0 Å². The average molecular weight is 344 g/mol. The number of likely N-dealkylation sites (N-methyl/N-ethyl adjacent to an activating group) is 1. The van der Waals surface area contributed by atoms with Gasteiger partial charge in [0.2, 0.25) is 5.95 Å². The van der Waals surface area contributed by atoms with Gasteiger partial charge >= 0.3 is 0 Å². The SMILES string of the molecule is Cc1ccc(C)c(OCC(O)CN(C)Cc2cnc(N(C)C)nc2)c1. The zero-order valence-corrected chi connectivity index (χ0v) is 15.7. The zero-order valence-electron chi connectivity index (χ0n) is 15.7. The van der Waals surface area contributed by atoms with E-state index in [0.717, 1.165) is 22.4 Å². The van der Waals surface area contributed by atoms with Gasteiger partial charge < -0.3 is 14.7 Å². The van der Waals surface area contributed by atoms with E-state index in [1.807, 2.05) is 69.3 Å². The molecule has 0 saturated carbocycles. The summed E-state index contributed by atoms with van der Waals surface area (Å²) >= 11 is 0. The van der Waals surface area contributed by atoms with Gasteiger partial charge in [0.05, 0.1) is 0 Å². The van der Waals surface area contributed by atoms with Gasteiger partial charge in [0.15, 0.2) is 0 Å². The number of aliphatic hydroxyl groups excluding tert-OH is 1. The molecule has 2 rings (SSSR count). The molecular formula is C19H28N4O2. The Hall–Kier alpha value is -2.18. The third-order valence-corrected chi connectivity index (χ3v) is 3.84. The molecule has 1 unspecified atom stereocenters. The van der Waals surface area contributed by atoms with Crippen molar-refractivity contribution in [2.24, 2.45) is 0 Å². The normalized spacial score (nSPS) is 12.3. The molecular weight excluding hydrogens is 316 g/mol. The topological polar surface area (TPSA) is 61.7 Å². The molecule has 25 heavy (non-hydrogen) atoms. The van der Waals surface area contributed by atoms with Gasteiger partial charge in [-0.25, -0.2) is 9.97 Å². The summed E-state index contributed by atoms with van der Waals surface area (Å²) in [5, 5.41) is 10.2. The number of aromatic nitrogens is 2. The van der Waals surface area contributed by atoms with Gasteiger partial charge in [-0.1, -0.05) is 12.1 Å². The summed E-state index contributed by atoms with van der Waals surface area (Å²) in [7, 11) is 5.78. The first-order chi connectivity index (χ1) is 11.8. The van der Waals surface area contributed by atoms with Gasteiger partial charge in [0.1, 0.15) is 18.5 Å². The van der Waals surface area contributed by atoms with E-state index in [2.05, 4.69) is 16.0 Å². The Kier molecular flexibility index (Phi) is 6.73. The minimum absolute atomic E-state index is 0.269. The third-order valence-electron chi connectivity index (χ3n) is 3.84. The lowest BCUT2D eigenvalue weighted by Gasteiger charge is -2.21. The van der Waals surface area contributed by atoms with Crippen LogP contribution in [-0.4, -0.2) is 60.4 Å². The van der Waals surface area contributed by atoms with Gasteiger partial charge in [0.25, 0.3) is 0 Å². The number of anilines is 1. The second kappa shape index (κ2) is 8.78. The van der Waals surface area contributed by atoms with Crippen LogP contribution < -0.4 is 9.64 Å². The predicted octanol–water partition coefficient (Wildman–Crippen LogP) is 2.03. The van der Waals surface area contributed by atoms with Crippen LogP contribution in [0.1, 0.15) is 16.7 Å². The number of hydrogen-bond acceptors (Lipinski definition) is 6. The van der Waals surface area contributed by atoms with Crippen LogP contribution in [0.15, 0.2) is 30.6 Å². The Bertz CT molecular complexity index is 674. The molecule has 136 valence electrons. The second-order valence-corrected chi connectivity index (χ2v) is 6.72. The molecule has 6 heteroatoms. The Morgan fingerprint density at radius 3 is 2.44 bits per heavy atom. The van der Waals surface area contributed by atoms with E-state index < -0.39 is 6.10 Å². The van der Waals surface area contributed by atoms with Crippen molar-refractivity contribution in [1.29, 1.82) is 0 Å². The highest BCUT2D eigenvalue weighted by Crippen LogP contribution is 2.19. The molecule has 0 radical (unpaired) electrons. The van der Waals surface area contributed by atoms with Crippen LogP contribution in [-0.2, 0) is 6.54 Å². The first-order valence-corrected chi connectivity index (χ1v) is 8.40. The highest BCUT2D eigenvalue weighted by Gasteiger charge is 2.11. The summed E-state index contributed by atoms with van der Waals surface area (Å²) in [5.74, 6) is 1.52. The van der Waals surface area contributed by atoms with Crippen molar-refractivity contribution >= 4 is 5.95 Å². The third kappa shape index (κ3) is 5.99. The molecule has 0 bridgehead atoms. The maximum absolute atomic E-state index is 10.2. The second-order valence-electron chi connectivity index (χ2n) is 6.72. The van der Waals surface area contributed by atoms with Crippen LogP contribution in [0.2, 0.25) is 0 Å². The Morgan fingerprint density at radius 1 is 1.12 bits per heavy atom. The van der Waals surface area contributed by atoms with Crippen molar-refractivity contribution in [3.63, 3.8) is 0 Å². The molecule has 2 aromatic rings. The van der Waals surface area contributed by atoms with Crippen LogP contribution in [0.4, 0.5) is 5.95 Å². The lowest BCUT2D eigenvalue weighted by Crippen LogP contribution is -2.33. The summed E-state index contributed by atoms with van der Waals surface area (Å²) in [5.41, 5.74) is 3.23. The summed E-state index contributed by atoms with van der Waals surface area (Å²) in [4.78, 5) is 12.5. The highest BCUT2D eigenvalue weighted by molar-refractivity contribution is 5.36. The lowest BCUT2D eigenvalue weighted by atomic mass is 10.1. The molecule has 0 fully saturated rings. The van der Waals surface area contributed by atoms with Crippen molar-refractivity contribution in [2.45, 2.75) is 26.5 Å². The van der Waals surface area contributed by atoms with Crippen molar-refractivity contribution in [3.8, 4) is 5.75 Å². The Labute approximate surface area is 150 Å². The fraction of sp³-hybridized carbons (Fsp3) is 0.474. The fourth-order valence-electron chi connectivity index (χ4n) is 2.50. The minimum atomic E-state index is -0.563. The van der Waals surface area contributed by atoms with Crippen LogP contribution in [0.5, 0.6) is 5.75 Å². The molecule has 0 amide bonds. The summed E-state index contributed by atoms with van der Waals surface area (Å²) in [6.45, 7) is 5.49. The predicted molar refractivity (Wildman–Crippen MR) is 100 cm³/mol. The monoisotopic (exact) mass is 344 g/mol. The molecule has 0 saturated heterocycles. The van der Waals surface area contributed by atoms with E-state index in [9.17, 15) is 5.11 Å². The molecule has 1 atom stereocenters. The van der Waals surface area contributed by atoms with Crippen molar-refractivity contribution < 1.29 is 9.84 Å². The first-order valence-electron chi connectivity index (χ1n) is 8.40. The van der Waals surface area contributed by atoms with Gasteiger partial charge in [-0.15, -0.1) is 0 Å². The molecule has 6 nitrogen and oxygen atoms in total. The summed E-state index contributed by atoms with van der Waals surface area (Å²) < 4.78 is 5.77. The fourth-order valence-corrected chi connectivity index (χ4v) is 2.50. The average Bonchev–Trinajstić information content (AvgIpc) is 2.56.